The zero-order chi connectivity index (χ0) is 18.1. The van der Waals surface area contributed by atoms with Crippen LogP contribution in [0.1, 0.15) is 23.7 Å². The first-order chi connectivity index (χ1) is 12.6. The van der Waals surface area contributed by atoms with E-state index in [4.69, 9.17) is 4.52 Å². The van der Waals surface area contributed by atoms with Crippen molar-refractivity contribution >= 4 is 10.0 Å². The van der Waals surface area contributed by atoms with Gasteiger partial charge in [0.05, 0.1) is 4.90 Å². The summed E-state index contributed by atoms with van der Waals surface area (Å²) < 4.78 is 32.6. The summed E-state index contributed by atoms with van der Waals surface area (Å²) in [5.41, 5.74) is 1.35. The SMILES string of the molecule is Cc1ccccc1S(=O)(=O)N1CCC(c2noc(-c3ccccn3)n2)C1. The third-order valence-corrected chi connectivity index (χ3v) is 6.58. The lowest BCUT2D eigenvalue weighted by Gasteiger charge is -2.17. The van der Waals surface area contributed by atoms with Crippen molar-refractivity contribution in [2.24, 2.45) is 0 Å². The Labute approximate surface area is 151 Å². The van der Waals surface area contributed by atoms with Crippen molar-refractivity contribution in [3.05, 3.63) is 60.0 Å². The second-order valence-electron chi connectivity index (χ2n) is 6.29. The van der Waals surface area contributed by atoms with Gasteiger partial charge in [0, 0.05) is 25.2 Å². The van der Waals surface area contributed by atoms with E-state index in [0.29, 0.717) is 41.8 Å². The first-order valence-corrected chi connectivity index (χ1v) is 9.80. The van der Waals surface area contributed by atoms with Gasteiger partial charge in [-0.1, -0.05) is 29.4 Å². The second kappa shape index (κ2) is 6.62. The predicted molar refractivity (Wildman–Crippen MR) is 94.8 cm³/mol. The molecule has 1 fully saturated rings. The van der Waals surface area contributed by atoms with Gasteiger partial charge in [0.25, 0.3) is 5.89 Å². The van der Waals surface area contributed by atoms with E-state index in [9.17, 15) is 8.42 Å². The highest BCUT2D eigenvalue weighted by atomic mass is 32.2. The molecule has 3 aromatic rings. The number of nitrogens with zero attached hydrogens (tertiary/aromatic N) is 4. The Hall–Kier alpha value is -2.58. The number of benzene rings is 1. The highest BCUT2D eigenvalue weighted by Crippen LogP contribution is 2.31. The van der Waals surface area contributed by atoms with Crippen LogP contribution in [0.15, 0.2) is 58.1 Å². The maximum atomic E-state index is 12.9. The van der Waals surface area contributed by atoms with Crippen molar-refractivity contribution < 1.29 is 12.9 Å². The fourth-order valence-corrected chi connectivity index (χ4v) is 4.86. The Morgan fingerprint density at radius 1 is 1.15 bits per heavy atom. The predicted octanol–water partition coefficient (Wildman–Crippen LogP) is 2.62. The number of rotatable bonds is 4. The molecule has 0 N–H and O–H groups in total. The highest BCUT2D eigenvalue weighted by Gasteiger charge is 2.36. The molecule has 2 aromatic heterocycles. The van der Waals surface area contributed by atoms with Gasteiger partial charge in [0.15, 0.2) is 5.82 Å². The van der Waals surface area contributed by atoms with Crippen LogP contribution >= 0.6 is 0 Å². The minimum absolute atomic E-state index is 0.0880. The first kappa shape index (κ1) is 16.9. The van der Waals surface area contributed by atoms with Crippen LogP contribution in [0, 0.1) is 6.92 Å². The van der Waals surface area contributed by atoms with E-state index < -0.39 is 10.0 Å². The molecule has 0 amide bonds. The van der Waals surface area contributed by atoms with Gasteiger partial charge in [0.2, 0.25) is 10.0 Å². The highest BCUT2D eigenvalue weighted by molar-refractivity contribution is 7.89. The van der Waals surface area contributed by atoms with Crippen molar-refractivity contribution in [1.29, 1.82) is 0 Å². The molecule has 3 heterocycles. The maximum Gasteiger partial charge on any atom is 0.276 e. The van der Waals surface area contributed by atoms with Crippen molar-refractivity contribution in [3.8, 4) is 11.6 Å². The quantitative estimate of drug-likeness (QED) is 0.701. The number of sulfonamides is 1. The van der Waals surface area contributed by atoms with Crippen LogP contribution in [0.2, 0.25) is 0 Å². The van der Waals surface area contributed by atoms with E-state index in [1.165, 1.54) is 4.31 Å². The number of hydrogen-bond donors (Lipinski definition) is 0. The van der Waals surface area contributed by atoms with Crippen LogP contribution < -0.4 is 0 Å². The molecule has 0 radical (unpaired) electrons. The molecule has 1 unspecified atom stereocenters. The minimum Gasteiger partial charge on any atom is -0.332 e. The van der Waals surface area contributed by atoms with Crippen molar-refractivity contribution in [2.75, 3.05) is 13.1 Å². The first-order valence-electron chi connectivity index (χ1n) is 8.36. The Kier molecular flexibility index (Phi) is 4.29. The zero-order valence-corrected chi connectivity index (χ0v) is 15.1. The molecule has 0 bridgehead atoms. The Morgan fingerprint density at radius 3 is 2.73 bits per heavy atom. The molecule has 8 heteroatoms. The number of aryl methyl sites for hydroxylation is 1. The van der Waals surface area contributed by atoms with Crippen LogP contribution in [0.4, 0.5) is 0 Å². The van der Waals surface area contributed by atoms with Crippen molar-refractivity contribution in [2.45, 2.75) is 24.2 Å². The van der Waals surface area contributed by atoms with Crippen LogP contribution in [0.25, 0.3) is 11.6 Å². The molecule has 1 saturated heterocycles. The van der Waals surface area contributed by atoms with Crippen LogP contribution in [-0.2, 0) is 10.0 Å². The molecular formula is C18H18N4O3S. The minimum atomic E-state index is -3.52. The average Bonchev–Trinajstić information content (AvgIpc) is 3.32. The summed E-state index contributed by atoms with van der Waals surface area (Å²) in [5.74, 6) is 0.781. The van der Waals surface area contributed by atoms with Gasteiger partial charge in [-0.25, -0.2) is 8.42 Å². The second-order valence-corrected chi connectivity index (χ2v) is 8.19. The molecule has 0 saturated carbocycles. The van der Waals surface area contributed by atoms with E-state index in [0.717, 1.165) is 5.56 Å². The largest absolute Gasteiger partial charge is 0.332 e. The van der Waals surface area contributed by atoms with Gasteiger partial charge in [0.1, 0.15) is 5.69 Å². The van der Waals surface area contributed by atoms with Crippen LogP contribution in [-0.4, -0.2) is 40.9 Å². The van der Waals surface area contributed by atoms with Gasteiger partial charge < -0.3 is 4.52 Å². The van der Waals surface area contributed by atoms with E-state index >= 15 is 0 Å². The third kappa shape index (κ3) is 3.02. The fourth-order valence-electron chi connectivity index (χ4n) is 3.14. The van der Waals surface area contributed by atoms with Gasteiger partial charge in [-0.2, -0.15) is 9.29 Å². The summed E-state index contributed by atoms with van der Waals surface area (Å²) in [7, 11) is -3.52. The van der Waals surface area contributed by atoms with E-state index in [-0.39, 0.29) is 5.92 Å². The lowest BCUT2D eigenvalue weighted by Crippen LogP contribution is -2.29. The van der Waals surface area contributed by atoms with Crippen molar-refractivity contribution in [1.82, 2.24) is 19.4 Å². The molecule has 26 heavy (non-hydrogen) atoms. The summed E-state index contributed by atoms with van der Waals surface area (Å²) in [6.07, 6.45) is 2.32. The van der Waals surface area contributed by atoms with Gasteiger partial charge >= 0.3 is 0 Å². The van der Waals surface area contributed by atoms with Crippen LogP contribution in [0.5, 0.6) is 0 Å². The molecule has 134 valence electrons. The normalized spacial score (nSPS) is 18.3. The van der Waals surface area contributed by atoms with Gasteiger partial charge in [-0.05, 0) is 37.1 Å². The average molecular weight is 370 g/mol. The molecule has 0 aliphatic carbocycles. The summed E-state index contributed by atoms with van der Waals surface area (Å²) in [4.78, 5) is 8.95. The summed E-state index contributed by atoms with van der Waals surface area (Å²) >= 11 is 0. The van der Waals surface area contributed by atoms with E-state index in [2.05, 4.69) is 15.1 Å². The molecular weight excluding hydrogens is 352 g/mol. The number of aromatic nitrogens is 3. The smallest absolute Gasteiger partial charge is 0.276 e. The van der Waals surface area contributed by atoms with Gasteiger partial charge in [-0.3, -0.25) is 4.98 Å². The Bertz CT molecular complexity index is 1020. The van der Waals surface area contributed by atoms with Crippen molar-refractivity contribution in [3.63, 3.8) is 0 Å². The maximum absolute atomic E-state index is 12.9. The summed E-state index contributed by atoms with van der Waals surface area (Å²) in [5, 5.41) is 4.03. The van der Waals surface area contributed by atoms with Gasteiger partial charge in [-0.15, -0.1) is 0 Å². The Balaban J connectivity index is 1.54. The fraction of sp³-hybridized carbons (Fsp3) is 0.278. The van der Waals surface area contributed by atoms with E-state index in [1.807, 2.05) is 18.2 Å². The number of pyridine rings is 1. The topological polar surface area (TPSA) is 89.2 Å². The number of hydrogen-bond acceptors (Lipinski definition) is 6. The molecule has 1 aromatic carbocycles. The molecule has 1 aliphatic heterocycles. The lowest BCUT2D eigenvalue weighted by atomic mass is 10.1. The van der Waals surface area contributed by atoms with E-state index in [1.54, 1.807) is 37.4 Å². The monoisotopic (exact) mass is 370 g/mol. The third-order valence-electron chi connectivity index (χ3n) is 4.55. The summed E-state index contributed by atoms with van der Waals surface area (Å²) in [6, 6.07) is 12.5. The molecule has 1 atom stereocenters. The Morgan fingerprint density at radius 2 is 1.96 bits per heavy atom. The lowest BCUT2D eigenvalue weighted by molar-refractivity contribution is 0.413. The van der Waals surface area contributed by atoms with Crippen LogP contribution in [0.3, 0.4) is 0 Å². The standard InChI is InChI=1S/C18H18N4O3S/c1-13-6-2-3-8-16(13)26(23,24)22-11-9-14(12-22)17-20-18(25-21-17)15-7-4-5-10-19-15/h2-8,10,14H,9,11-12H2,1H3. The molecule has 1 aliphatic rings. The zero-order valence-electron chi connectivity index (χ0n) is 14.2. The molecule has 0 spiro atoms. The summed E-state index contributed by atoms with van der Waals surface area (Å²) in [6.45, 7) is 2.59. The molecule has 7 nitrogen and oxygen atoms in total. The molecule has 4 rings (SSSR count).